The van der Waals surface area contributed by atoms with Crippen molar-refractivity contribution in [2.45, 2.75) is 25.8 Å². The van der Waals surface area contributed by atoms with Crippen LogP contribution in [0.15, 0.2) is 48.5 Å². The Bertz CT molecular complexity index is 507. The molecule has 1 nitrogen and oxygen atoms in total. The Morgan fingerprint density at radius 3 is 1.80 bits per heavy atom. The van der Waals surface area contributed by atoms with E-state index in [1.807, 2.05) is 11.8 Å². The van der Waals surface area contributed by atoms with Gasteiger partial charge < -0.3 is 5.32 Å². The molecule has 1 aliphatic heterocycles. The molecular formula is C18H21NS. The molecule has 2 aromatic carbocycles. The lowest BCUT2D eigenvalue weighted by Crippen LogP contribution is -2.31. The van der Waals surface area contributed by atoms with Gasteiger partial charge in [-0.2, -0.15) is 0 Å². The van der Waals surface area contributed by atoms with Crippen LogP contribution in [-0.4, -0.2) is 17.7 Å². The molecule has 0 aliphatic carbocycles. The van der Waals surface area contributed by atoms with Crippen molar-refractivity contribution in [2.24, 2.45) is 0 Å². The van der Waals surface area contributed by atoms with E-state index in [0.29, 0.717) is 12.0 Å². The van der Waals surface area contributed by atoms with E-state index in [0.717, 1.165) is 5.88 Å². The van der Waals surface area contributed by atoms with Crippen LogP contribution in [0.25, 0.3) is 0 Å². The average molecular weight is 283 g/mol. The number of aryl methyl sites for hydroxylation is 2. The van der Waals surface area contributed by atoms with Gasteiger partial charge in [0.2, 0.25) is 0 Å². The second-order valence-corrected chi connectivity index (χ2v) is 6.66. The van der Waals surface area contributed by atoms with Crippen LogP contribution in [0, 0.1) is 13.8 Å². The second-order valence-electron chi connectivity index (χ2n) is 5.62. The van der Waals surface area contributed by atoms with Crippen molar-refractivity contribution in [1.29, 1.82) is 0 Å². The van der Waals surface area contributed by atoms with E-state index in [1.165, 1.54) is 28.0 Å². The summed E-state index contributed by atoms with van der Waals surface area (Å²) in [5.74, 6) is 2.71. The molecule has 1 atom stereocenters. The molecule has 0 amide bonds. The Morgan fingerprint density at radius 2 is 1.40 bits per heavy atom. The van der Waals surface area contributed by atoms with Crippen LogP contribution in [-0.2, 0) is 0 Å². The fraction of sp³-hybridized carbons (Fsp3) is 0.333. The number of hydrogen-bond acceptors (Lipinski definition) is 2. The van der Waals surface area contributed by atoms with Crippen LogP contribution in [0.4, 0.5) is 0 Å². The third-order valence-electron chi connectivity index (χ3n) is 4.02. The summed E-state index contributed by atoms with van der Waals surface area (Å²) in [5, 5.41) is 3.65. The lowest BCUT2D eigenvalue weighted by Gasteiger charge is -2.24. The molecule has 1 aliphatic rings. The van der Waals surface area contributed by atoms with Gasteiger partial charge in [-0.25, -0.2) is 0 Å². The number of hydrogen-bond donors (Lipinski definition) is 1. The molecule has 1 heterocycles. The van der Waals surface area contributed by atoms with E-state index in [9.17, 15) is 0 Å². The Balaban J connectivity index is 1.98. The van der Waals surface area contributed by atoms with Crippen molar-refractivity contribution < 1.29 is 0 Å². The Hall–Kier alpha value is -1.25. The van der Waals surface area contributed by atoms with E-state index in [1.54, 1.807) is 0 Å². The maximum absolute atomic E-state index is 3.65. The fourth-order valence-corrected chi connectivity index (χ4v) is 3.84. The molecule has 2 aromatic rings. The Morgan fingerprint density at radius 1 is 0.900 bits per heavy atom. The standard InChI is InChI=1S/C18H21NS/c1-13-3-7-15(8-4-13)18(17-11-20-12-19-17)16-9-5-14(2)6-10-16/h3-10,17-19H,11-12H2,1-2H3/t17-/m1/s1. The van der Waals surface area contributed by atoms with E-state index < -0.39 is 0 Å². The van der Waals surface area contributed by atoms with Crippen molar-refractivity contribution in [3.63, 3.8) is 0 Å². The topological polar surface area (TPSA) is 12.0 Å². The maximum atomic E-state index is 3.65. The first kappa shape index (κ1) is 13.7. The lowest BCUT2D eigenvalue weighted by atomic mass is 9.85. The lowest BCUT2D eigenvalue weighted by molar-refractivity contribution is 0.565. The number of rotatable bonds is 3. The van der Waals surface area contributed by atoms with E-state index in [4.69, 9.17) is 0 Å². The molecule has 2 heteroatoms. The van der Waals surface area contributed by atoms with Crippen LogP contribution >= 0.6 is 11.8 Å². The van der Waals surface area contributed by atoms with Gasteiger partial charge in [-0.1, -0.05) is 59.7 Å². The minimum absolute atomic E-state index is 0.450. The van der Waals surface area contributed by atoms with Crippen LogP contribution in [0.5, 0.6) is 0 Å². The van der Waals surface area contributed by atoms with Crippen LogP contribution in [0.1, 0.15) is 28.2 Å². The maximum Gasteiger partial charge on any atom is 0.0421 e. The Labute approximate surface area is 125 Å². The molecule has 1 N–H and O–H groups in total. The first-order valence-electron chi connectivity index (χ1n) is 7.18. The molecule has 104 valence electrons. The molecule has 0 spiro atoms. The highest BCUT2D eigenvalue weighted by molar-refractivity contribution is 7.99. The van der Waals surface area contributed by atoms with Gasteiger partial charge in [-0.05, 0) is 25.0 Å². The first-order chi connectivity index (χ1) is 9.74. The predicted octanol–water partition coefficient (Wildman–Crippen LogP) is 4.10. The zero-order valence-electron chi connectivity index (χ0n) is 12.1. The molecule has 1 fully saturated rings. The number of nitrogens with one attached hydrogen (secondary N) is 1. The second kappa shape index (κ2) is 6.02. The van der Waals surface area contributed by atoms with Crippen molar-refractivity contribution in [3.8, 4) is 0 Å². The highest BCUT2D eigenvalue weighted by atomic mass is 32.2. The van der Waals surface area contributed by atoms with Gasteiger partial charge in [-0.3, -0.25) is 0 Å². The minimum atomic E-state index is 0.450. The van der Waals surface area contributed by atoms with Gasteiger partial charge in [0.25, 0.3) is 0 Å². The summed E-state index contributed by atoms with van der Waals surface area (Å²) in [7, 11) is 0. The van der Waals surface area contributed by atoms with Gasteiger partial charge in [0.1, 0.15) is 0 Å². The minimum Gasteiger partial charge on any atom is -0.303 e. The van der Waals surface area contributed by atoms with Crippen molar-refractivity contribution in [3.05, 3.63) is 70.8 Å². The monoisotopic (exact) mass is 283 g/mol. The van der Waals surface area contributed by atoms with E-state index in [2.05, 4.69) is 67.7 Å². The summed E-state index contributed by atoms with van der Waals surface area (Å²) >= 11 is 2.00. The van der Waals surface area contributed by atoms with Gasteiger partial charge in [-0.15, -0.1) is 11.8 Å². The van der Waals surface area contributed by atoms with Crippen molar-refractivity contribution in [2.75, 3.05) is 11.6 Å². The smallest absolute Gasteiger partial charge is 0.0421 e. The first-order valence-corrected chi connectivity index (χ1v) is 8.34. The average Bonchev–Trinajstić information content (AvgIpc) is 2.97. The van der Waals surface area contributed by atoms with Gasteiger partial charge in [0, 0.05) is 23.6 Å². The molecule has 20 heavy (non-hydrogen) atoms. The van der Waals surface area contributed by atoms with Crippen molar-refractivity contribution >= 4 is 11.8 Å². The van der Waals surface area contributed by atoms with Crippen LogP contribution in [0.2, 0.25) is 0 Å². The number of thioether (sulfide) groups is 1. The molecule has 1 saturated heterocycles. The summed E-state index contributed by atoms with van der Waals surface area (Å²) in [6.45, 7) is 4.29. The van der Waals surface area contributed by atoms with Crippen LogP contribution in [0.3, 0.4) is 0 Å². The zero-order chi connectivity index (χ0) is 13.9. The fourth-order valence-electron chi connectivity index (χ4n) is 2.83. The normalized spacial score (nSPS) is 18.6. The molecule has 3 rings (SSSR count). The van der Waals surface area contributed by atoms with Gasteiger partial charge >= 0.3 is 0 Å². The molecule has 0 aromatic heterocycles. The highest BCUT2D eigenvalue weighted by Crippen LogP contribution is 2.32. The van der Waals surface area contributed by atoms with E-state index in [-0.39, 0.29) is 0 Å². The number of benzene rings is 2. The van der Waals surface area contributed by atoms with Crippen LogP contribution < -0.4 is 5.32 Å². The van der Waals surface area contributed by atoms with Crippen molar-refractivity contribution in [1.82, 2.24) is 5.32 Å². The van der Waals surface area contributed by atoms with E-state index >= 15 is 0 Å². The third kappa shape index (κ3) is 2.92. The predicted molar refractivity (Wildman–Crippen MR) is 88.4 cm³/mol. The SMILES string of the molecule is Cc1ccc(C(c2ccc(C)cc2)[C@H]2CSCN2)cc1. The summed E-state index contributed by atoms with van der Waals surface area (Å²) in [4.78, 5) is 0. The summed E-state index contributed by atoms with van der Waals surface area (Å²) in [6, 6.07) is 18.5. The highest BCUT2D eigenvalue weighted by Gasteiger charge is 2.27. The molecule has 0 saturated carbocycles. The van der Waals surface area contributed by atoms with Gasteiger partial charge in [0.05, 0.1) is 0 Å². The summed E-state index contributed by atoms with van der Waals surface area (Å²) in [6.07, 6.45) is 0. The third-order valence-corrected chi connectivity index (χ3v) is 4.99. The zero-order valence-corrected chi connectivity index (χ0v) is 12.9. The molecule has 0 radical (unpaired) electrons. The largest absolute Gasteiger partial charge is 0.303 e. The summed E-state index contributed by atoms with van der Waals surface area (Å²) < 4.78 is 0. The molecular weight excluding hydrogens is 262 g/mol. The quantitative estimate of drug-likeness (QED) is 0.910. The Kier molecular flexibility index (Phi) is 4.13. The molecule has 0 bridgehead atoms. The molecule has 0 unspecified atom stereocenters. The van der Waals surface area contributed by atoms with Gasteiger partial charge in [0.15, 0.2) is 0 Å². The summed E-state index contributed by atoms with van der Waals surface area (Å²) in [5.41, 5.74) is 5.48.